The Morgan fingerprint density at radius 3 is 2.46 bits per heavy atom. The summed E-state index contributed by atoms with van der Waals surface area (Å²) in [5, 5.41) is 0. The molecule has 1 saturated carbocycles. The lowest BCUT2D eigenvalue weighted by Gasteiger charge is -2.31. The Balaban J connectivity index is 1.45. The second-order valence-electron chi connectivity index (χ2n) is 7.81. The van der Waals surface area contributed by atoms with E-state index in [0.717, 1.165) is 49.8 Å². The Morgan fingerprint density at radius 1 is 1.08 bits per heavy atom. The van der Waals surface area contributed by atoms with Gasteiger partial charge in [-0.2, -0.15) is 0 Å². The maximum absolute atomic E-state index is 12.9. The van der Waals surface area contributed by atoms with Crippen molar-refractivity contribution in [2.45, 2.75) is 51.9 Å². The average molecular weight is 354 g/mol. The maximum atomic E-state index is 12.9. The lowest BCUT2D eigenvalue weighted by molar-refractivity contribution is -0.140. The highest BCUT2D eigenvalue weighted by molar-refractivity contribution is 6.05. The molecule has 0 bridgehead atoms. The van der Waals surface area contributed by atoms with Gasteiger partial charge in [-0.05, 0) is 43.7 Å². The predicted octanol–water partition coefficient (Wildman–Crippen LogP) is 2.84. The third-order valence-corrected chi connectivity index (χ3v) is 6.20. The van der Waals surface area contributed by atoms with E-state index in [1.807, 2.05) is 24.0 Å². The van der Waals surface area contributed by atoms with Crippen molar-refractivity contribution in [3.8, 4) is 0 Å². The summed E-state index contributed by atoms with van der Waals surface area (Å²) in [7, 11) is 0. The molecule has 3 aliphatic rings. The zero-order valence-electron chi connectivity index (χ0n) is 15.4. The number of nitrogens with zero attached hydrogens (tertiary/aromatic N) is 2. The van der Waals surface area contributed by atoms with E-state index >= 15 is 0 Å². The van der Waals surface area contributed by atoms with Gasteiger partial charge in [0.1, 0.15) is 0 Å². The molecule has 5 heteroatoms. The van der Waals surface area contributed by atoms with Crippen LogP contribution in [-0.2, 0) is 20.8 Å². The second-order valence-corrected chi connectivity index (χ2v) is 7.81. The minimum atomic E-state index is -0.135. The smallest absolute Gasteiger partial charge is 0.233 e. The summed E-state index contributed by atoms with van der Waals surface area (Å²) in [6.07, 6.45) is 5.84. The van der Waals surface area contributed by atoms with Crippen LogP contribution >= 0.6 is 0 Å². The molecule has 0 unspecified atom stereocenters. The number of aryl methyl sites for hydroxylation is 2. The Hall–Kier alpha value is -2.17. The molecule has 0 spiro atoms. The van der Waals surface area contributed by atoms with Gasteiger partial charge < -0.3 is 4.90 Å². The number of likely N-dealkylation sites (tertiary alicyclic amines) is 1. The van der Waals surface area contributed by atoms with E-state index in [9.17, 15) is 14.4 Å². The van der Waals surface area contributed by atoms with Crippen molar-refractivity contribution in [3.05, 3.63) is 29.3 Å². The average Bonchev–Trinajstić information content (AvgIpc) is 2.90. The molecule has 1 aromatic carbocycles. The number of rotatable bonds is 3. The predicted molar refractivity (Wildman–Crippen MR) is 98.6 cm³/mol. The molecular weight excluding hydrogens is 328 g/mol. The van der Waals surface area contributed by atoms with Crippen LogP contribution in [-0.4, -0.2) is 35.7 Å². The molecule has 1 aromatic rings. The van der Waals surface area contributed by atoms with Crippen LogP contribution in [0.4, 0.5) is 5.69 Å². The van der Waals surface area contributed by atoms with Crippen LogP contribution in [0.25, 0.3) is 0 Å². The first kappa shape index (κ1) is 17.3. The minimum Gasteiger partial charge on any atom is -0.312 e. The SMILES string of the molecule is Cc1cccc2c1N(C(=O)CCN1C(=O)[C@H]3CCCC[C@@H]3C1=O)CCC2. The number of anilines is 1. The molecule has 2 heterocycles. The standard InChI is InChI=1S/C21H26N2O3/c1-14-6-4-7-15-8-5-12-22(19(14)15)18(24)11-13-23-20(25)16-9-2-3-10-17(16)21(23)26/h4,6-7,16-17H,2-3,5,8-13H2,1H3/t16-,17-/m0/s1. The minimum absolute atomic E-state index is 0.00993. The first-order valence-corrected chi connectivity index (χ1v) is 9.82. The number of hydrogen-bond acceptors (Lipinski definition) is 3. The largest absolute Gasteiger partial charge is 0.312 e. The Labute approximate surface area is 154 Å². The fourth-order valence-corrected chi connectivity index (χ4v) is 4.89. The van der Waals surface area contributed by atoms with Crippen LogP contribution in [0.3, 0.4) is 0 Å². The van der Waals surface area contributed by atoms with Crippen molar-refractivity contribution < 1.29 is 14.4 Å². The van der Waals surface area contributed by atoms with E-state index in [1.54, 1.807) is 0 Å². The van der Waals surface area contributed by atoms with Gasteiger partial charge in [0, 0.05) is 25.2 Å². The van der Waals surface area contributed by atoms with E-state index in [-0.39, 0.29) is 42.5 Å². The normalized spacial score (nSPS) is 25.3. The number of para-hydroxylation sites is 1. The Morgan fingerprint density at radius 2 is 1.77 bits per heavy atom. The molecule has 0 radical (unpaired) electrons. The van der Waals surface area contributed by atoms with Gasteiger partial charge in [-0.3, -0.25) is 19.3 Å². The highest BCUT2D eigenvalue weighted by Gasteiger charge is 2.47. The van der Waals surface area contributed by atoms with Crippen molar-refractivity contribution >= 4 is 23.4 Å². The summed E-state index contributed by atoms with van der Waals surface area (Å²) >= 11 is 0. The molecule has 2 aliphatic heterocycles. The van der Waals surface area contributed by atoms with Gasteiger partial charge in [-0.15, -0.1) is 0 Å². The number of carbonyl (C=O) groups excluding carboxylic acids is 3. The summed E-state index contributed by atoms with van der Waals surface area (Å²) < 4.78 is 0. The highest BCUT2D eigenvalue weighted by atomic mass is 16.2. The van der Waals surface area contributed by atoms with Crippen LogP contribution in [0, 0.1) is 18.8 Å². The molecule has 0 N–H and O–H groups in total. The molecule has 138 valence electrons. The molecule has 2 fully saturated rings. The summed E-state index contributed by atoms with van der Waals surface area (Å²) in [6.45, 7) is 2.97. The number of amides is 3. The highest BCUT2D eigenvalue weighted by Crippen LogP contribution is 2.38. The number of fused-ring (bicyclic) bond motifs is 2. The molecule has 3 amide bonds. The van der Waals surface area contributed by atoms with Crippen molar-refractivity contribution in [2.75, 3.05) is 18.0 Å². The van der Waals surface area contributed by atoms with E-state index in [1.165, 1.54) is 10.5 Å². The third-order valence-electron chi connectivity index (χ3n) is 6.20. The quantitative estimate of drug-likeness (QED) is 0.784. The van der Waals surface area contributed by atoms with Crippen LogP contribution in [0.1, 0.15) is 49.7 Å². The summed E-state index contributed by atoms with van der Waals surface area (Å²) in [5.41, 5.74) is 3.34. The van der Waals surface area contributed by atoms with Gasteiger partial charge in [0.25, 0.3) is 0 Å². The number of carbonyl (C=O) groups is 3. The molecule has 26 heavy (non-hydrogen) atoms. The van der Waals surface area contributed by atoms with Gasteiger partial charge in [-0.25, -0.2) is 0 Å². The monoisotopic (exact) mass is 354 g/mol. The van der Waals surface area contributed by atoms with Crippen LogP contribution in [0.2, 0.25) is 0 Å². The summed E-state index contributed by atoms with van der Waals surface area (Å²) in [5.74, 6) is -0.366. The topological polar surface area (TPSA) is 57.7 Å². The molecule has 1 saturated heterocycles. The van der Waals surface area contributed by atoms with E-state index in [0.29, 0.717) is 6.54 Å². The zero-order valence-corrected chi connectivity index (χ0v) is 15.4. The maximum Gasteiger partial charge on any atom is 0.233 e. The van der Waals surface area contributed by atoms with Crippen molar-refractivity contribution in [3.63, 3.8) is 0 Å². The molecule has 5 nitrogen and oxygen atoms in total. The van der Waals surface area contributed by atoms with Crippen molar-refractivity contribution in [1.29, 1.82) is 0 Å². The van der Waals surface area contributed by atoms with E-state index in [4.69, 9.17) is 0 Å². The van der Waals surface area contributed by atoms with Gasteiger partial charge in [0.15, 0.2) is 0 Å². The number of hydrogen-bond donors (Lipinski definition) is 0. The fraction of sp³-hybridized carbons (Fsp3) is 0.571. The first-order chi connectivity index (χ1) is 12.6. The van der Waals surface area contributed by atoms with Gasteiger partial charge in [0.05, 0.1) is 11.8 Å². The van der Waals surface area contributed by atoms with E-state index < -0.39 is 0 Å². The Kier molecular flexibility index (Phi) is 4.55. The molecule has 1 aliphatic carbocycles. The lowest BCUT2D eigenvalue weighted by atomic mass is 9.81. The van der Waals surface area contributed by atoms with Crippen molar-refractivity contribution in [2.24, 2.45) is 11.8 Å². The van der Waals surface area contributed by atoms with Crippen LogP contribution in [0.5, 0.6) is 0 Å². The molecule has 4 rings (SSSR count). The second kappa shape index (κ2) is 6.86. The van der Waals surface area contributed by atoms with Crippen LogP contribution in [0.15, 0.2) is 18.2 Å². The fourth-order valence-electron chi connectivity index (χ4n) is 4.89. The van der Waals surface area contributed by atoms with E-state index in [2.05, 4.69) is 6.07 Å². The van der Waals surface area contributed by atoms with Crippen LogP contribution < -0.4 is 4.90 Å². The summed E-state index contributed by atoms with van der Waals surface area (Å²) in [4.78, 5) is 41.2. The van der Waals surface area contributed by atoms with Gasteiger partial charge >= 0.3 is 0 Å². The molecule has 0 aromatic heterocycles. The van der Waals surface area contributed by atoms with Crippen molar-refractivity contribution in [1.82, 2.24) is 4.90 Å². The first-order valence-electron chi connectivity index (χ1n) is 9.82. The molecule has 2 atom stereocenters. The van der Waals surface area contributed by atoms with Gasteiger partial charge in [-0.1, -0.05) is 31.0 Å². The Bertz CT molecular complexity index is 734. The summed E-state index contributed by atoms with van der Waals surface area (Å²) in [6, 6.07) is 6.15. The third kappa shape index (κ3) is 2.83. The van der Waals surface area contributed by atoms with Gasteiger partial charge in [0.2, 0.25) is 17.7 Å². The molecular formula is C21H26N2O3. The zero-order chi connectivity index (χ0) is 18.3. The number of benzene rings is 1. The lowest BCUT2D eigenvalue weighted by Crippen LogP contribution is -2.39. The number of imide groups is 1.